The summed E-state index contributed by atoms with van der Waals surface area (Å²) in [7, 11) is 0. The highest BCUT2D eigenvalue weighted by Crippen LogP contribution is 2.40. The Morgan fingerprint density at radius 2 is 2.43 bits per heavy atom. The molecule has 2 N–H and O–H groups in total. The fourth-order valence-corrected chi connectivity index (χ4v) is 1.82. The Morgan fingerprint density at radius 3 is 2.93 bits per heavy atom. The van der Waals surface area contributed by atoms with Gasteiger partial charge in [-0.25, -0.2) is 8.78 Å². The van der Waals surface area contributed by atoms with Gasteiger partial charge in [0.25, 0.3) is 5.92 Å². The molecule has 4 nitrogen and oxygen atoms in total. The molecular formula is C8H12F2N4. The third-order valence-electron chi connectivity index (χ3n) is 2.60. The number of nitrogens with two attached hydrogens (primary N) is 1. The summed E-state index contributed by atoms with van der Waals surface area (Å²) in [5, 5.41) is 7.58. The summed E-state index contributed by atoms with van der Waals surface area (Å²) in [5.74, 6) is -2.94. The molecule has 1 saturated carbocycles. The summed E-state index contributed by atoms with van der Waals surface area (Å²) in [6.07, 6.45) is 2.46. The van der Waals surface area contributed by atoms with Crippen LogP contribution in [0.3, 0.4) is 0 Å². The van der Waals surface area contributed by atoms with Crippen LogP contribution in [-0.4, -0.2) is 20.9 Å². The van der Waals surface area contributed by atoms with E-state index in [4.69, 9.17) is 5.73 Å². The minimum Gasteiger partial charge on any atom is -0.381 e. The van der Waals surface area contributed by atoms with Crippen molar-refractivity contribution in [1.29, 1.82) is 0 Å². The number of anilines is 1. The highest BCUT2D eigenvalue weighted by atomic mass is 19.3. The first-order valence-corrected chi connectivity index (χ1v) is 4.61. The van der Waals surface area contributed by atoms with Crippen molar-refractivity contribution in [3.05, 3.63) is 6.20 Å². The van der Waals surface area contributed by atoms with Crippen LogP contribution in [-0.2, 0) is 6.54 Å². The Labute approximate surface area is 80.1 Å². The highest BCUT2D eigenvalue weighted by Gasteiger charge is 2.44. The van der Waals surface area contributed by atoms with Crippen molar-refractivity contribution in [3.8, 4) is 0 Å². The summed E-state index contributed by atoms with van der Waals surface area (Å²) in [6, 6.07) is 0. The van der Waals surface area contributed by atoms with Crippen molar-refractivity contribution in [2.24, 2.45) is 5.92 Å². The Morgan fingerprint density at radius 1 is 1.64 bits per heavy atom. The second-order valence-corrected chi connectivity index (χ2v) is 3.67. The van der Waals surface area contributed by atoms with Gasteiger partial charge >= 0.3 is 0 Å². The maximum atomic E-state index is 13.2. The molecule has 0 spiro atoms. The lowest BCUT2D eigenvalue weighted by atomic mass is 10.1. The van der Waals surface area contributed by atoms with E-state index < -0.39 is 11.8 Å². The van der Waals surface area contributed by atoms with Crippen LogP contribution in [0, 0.1) is 5.92 Å². The van der Waals surface area contributed by atoms with Crippen LogP contribution in [0.1, 0.15) is 19.3 Å². The van der Waals surface area contributed by atoms with E-state index in [-0.39, 0.29) is 18.8 Å². The number of halogens is 2. The lowest BCUT2D eigenvalue weighted by Crippen LogP contribution is -2.26. The molecule has 2 rings (SSSR count). The highest BCUT2D eigenvalue weighted by molar-refractivity contribution is 5.19. The zero-order valence-corrected chi connectivity index (χ0v) is 7.66. The van der Waals surface area contributed by atoms with Gasteiger partial charge in [-0.05, 0) is 12.8 Å². The maximum absolute atomic E-state index is 13.2. The quantitative estimate of drug-likeness (QED) is 0.786. The van der Waals surface area contributed by atoms with Crippen molar-refractivity contribution in [3.63, 3.8) is 0 Å². The van der Waals surface area contributed by atoms with Gasteiger partial charge in [-0.1, -0.05) is 0 Å². The Balaban J connectivity index is 2.04. The van der Waals surface area contributed by atoms with Crippen LogP contribution in [0.2, 0.25) is 0 Å². The van der Waals surface area contributed by atoms with Crippen LogP contribution in [0.25, 0.3) is 0 Å². The predicted octanol–water partition coefficient (Wildman–Crippen LogP) is 1.30. The monoisotopic (exact) mass is 202 g/mol. The zero-order valence-electron chi connectivity index (χ0n) is 7.66. The summed E-state index contributed by atoms with van der Waals surface area (Å²) < 4.78 is 26.4. The van der Waals surface area contributed by atoms with Crippen LogP contribution < -0.4 is 5.73 Å². The molecule has 0 amide bonds. The number of aromatic nitrogens is 3. The second kappa shape index (κ2) is 3.18. The normalized spacial score (nSPS) is 25.4. The van der Waals surface area contributed by atoms with Gasteiger partial charge in [-0.2, -0.15) is 9.90 Å². The van der Waals surface area contributed by atoms with Gasteiger partial charge in [0.1, 0.15) is 0 Å². The van der Waals surface area contributed by atoms with Crippen LogP contribution in [0.5, 0.6) is 0 Å². The van der Waals surface area contributed by atoms with E-state index in [2.05, 4.69) is 10.2 Å². The van der Waals surface area contributed by atoms with E-state index >= 15 is 0 Å². The molecule has 78 valence electrons. The topological polar surface area (TPSA) is 56.7 Å². The average molecular weight is 202 g/mol. The first-order valence-electron chi connectivity index (χ1n) is 4.61. The smallest absolute Gasteiger partial charge is 0.252 e. The van der Waals surface area contributed by atoms with Gasteiger partial charge in [0.2, 0.25) is 0 Å². The number of alkyl halides is 2. The van der Waals surface area contributed by atoms with E-state index in [1.807, 2.05) is 0 Å². The average Bonchev–Trinajstić information content (AvgIpc) is 2.61. The van der Waals surface area contributed by atoms with Gasteiger partial charge < -0.3 is 5.73 Å². The number of rotatable bonds is 2. The third-order valence-corrected chi connectivity index (χ3v) is 2.60. The predicted molar refractivity (Wildman–Crippen MR) is 46.7 cm³/mol. The van der Waals surface area contributed by atoms with Gasteiger partial charge in [0.05, 0.1) is 12.7 Å². The fourth-order valence-electron chi connectivity index (χ4n) is 1.82. The molecule has 0 aliphatic heterocycles. The Hall–Kier alpha value is -1.20. The summed E-state index contributed by atoms with van der Waals surface area (Å²) in [5.41, 5.74) is 5.34. The second-order valence-electron chi connectivity index (χ2n) is 3.67. The van der Waals surface area contributed by atoms with E-state index in [0.29, 0.717) is 12.8 Å². The van der Waals surface area contributed by atoms with Crippen molar-refractivity contribution in [1.82, 2.24) is 15.0 Å². The maximum Gasteiger partial charge on any atom is 0.252 e. The van der Waals surface area contributed by atoms with E-state index in [0.717, 1.165) is 0 Å². The minimum atomic E-state index is -2.57. The SMILES string of the molecule is Nc1cnn(CC2CCCC2(F)F)n1. The molecule has 1 unspecified atom stereocenters. The molecule has 1 aliphatic carbocycles. The minimum absolute atomic E-state index is 0.0194. The number of nitrogen functional groups attached to an aromatic ring is 1. The molecule has 1 aliphatic rings. The van der Waals surface area contributed by atoms with Crippen molar-refractivity contribution < 1.29 is 8.78 Å². The standard InChI is InChI=1S/C8H12F2N4/c9-8(10)3-1-2-6(8)5-14-12-4-7(11)13-14/h4,6H,1-3,5H2,(H2,11,13). The molecule has 1 atom stereocenters. The Bertz CT molecular complexity index is 323. The number of nitrogens with zero attached hydrogens (tertiary/aromatic N) is 3. The molecule has 1 heterocycles. The molecule has 0 saturated heterocycles. The van der Waals surface area contributed by atoms with Gasteiger partial charge in [-0.3, -0.25) is 0 Å². The van der Waals surface area contributed by atoms with Gasteiger partial charge in [0, 0.05) is 12.3 Å². The molecule has 0 radical (unpaired) electrons. The van der Waals surface area contributed by atoms with E-state index in [9.17, 15) is 8.78 Å². The van der Waals surface area contributed by atoms with E-state index in [1.165, 1.54) is 11.0 Å². The molecule has 1 fully saturated rings. The van der Waals surface area contributed by atoms with Crippen LogP contribution >= 0.6 is 0 Å². The Kier molecular flexibility index (Phi) is 2.13. The molecular weight excluding hydrogens is 190 g/mol. The van der Waals surface area contributed by atoms with E-state index in [1.54, 1.807) is 0 Å². The fraction of sp³-hybridized carbons (Fsp3) is 0.750. The lowest BCUT2D eigenvalue weighted by molar-refractivity contribution is -0.0445. The van der Waals surface area contributed by atoms with Crippen LogP contribution in [0.15, 0.2) is 6.20 Å². The zero-order chi connectivity index (χ0) is 10.2. The molecule has 1 aromatic heterocycles. The number of hydrogen-bond acceptors (Lipinski definition) is 3. The summed E-state index contributed by atoms with van der Waals surface area (Å²) >= 11 is 0. The first kappa shape index (κ1) is 9.36. The summed E-state index contributed by atoms with van der Waals surface area (Å²) in [4.78, 5) is 1.25. The van der Waals surface area contributed by atoms with Crippen molar-refractivity contribution in [2.75, 3.05) is 5.73 Å². The van der Waals surface area contributed by atoms with Crippen LogP contribution in [0.4, 0.5) is 14.6 Å². The molecule has 1 aromatic rings. The molecule has 14 heavy (non-hydrogen) atoms. The van der Waals surface area contributed by atoms with Crippen molar-refractivity contribution >= 4 is 5.82 Å². The molecule has 6 heteroatoms. The third kappa shape index (κ3) is 1.69. The summed E-state index contributed by atoms with van der Waals surface area (Å²) in [6.45, 7) is 0.157. The van der Waals surface area contributed by atoms with Gasteiger partial charge in [-0.15, -0.1) is 5.10 Å². The number of hydrogen-bond donors (Lipinski definition) is 1. The largest absolute Gasteiger partial charge is 0.381 e. The molecule has 0 aromatic carbocycles. The molecule has 0 bridgehead atoms. The van der Waals surface area contributed by atoms with Crippen molar-refractivity contribution in [2.45, 2.75) is 31.7 Å². The van der Waals surface area contributed by atoms with Gasteiger partial charge in [0.15, 0.2) is 5.82 Å². The first-order chi connectivity index (χ1) is 6.58. The lowest BCUT2D eigenvalue weighted by Gasteiger charge is -2.17.